The highest BCUT2D eigenvalue weighted by Gasteiger charge is 2.08. The number of nitrogens with two attached hydrogens (primary N) is 1. The van der Waals surface area contributed by atoms with Crippen molar-refractivity contribution in [2.75, 3.05) is 18.9 Å². The van der Waals surface area contributed by atoms with Crippen molar-refractivity contribution in [3.05, 3.63) is 16.7 Å². The first kappa shape index (κ1) is 6.61. The van der Waals surface area contributed by atoms with E-state index >= 15 is 0 Å². The van der Waals surface area contributed by atoms with Crippen molar-refractivity contribution in [3.8, 4) is 0 Å². The Morgan fingerprint density at radius 1 is 1.75 bits per heavy atom. The average molecular weight is 229 g/mol. The second kappa shape index (κ2) is 4.29. The van der Waals surface area contributed by atoms with Crippen LogP contribution in [-0.4, -0.2) is 37.7 Å². The van der Waals surface area contributed by atoms with Gasteiger partial charge in [0.2, 0.25) is 5.95 Å². The summed E-state index contributed by atoms with van der Waals surface area (Å²) in [4.78, 5) is 21.5. The Labute approximate surface area is 95.3 Å². The molecule has 4 N–H and O–H groups in total. The zero-order valence-corrected chi connectivity index (χ0v) is 7.97. The maximum atomic E-state index is 11.7. The molecule has 0 aliphatic rings. The second-order valence-corrected chi connectivity index (χ2v) is 2.83. The van der Waals surface area contributed by atoms with Crippen LogP contribution in [0.15, 0.2) is 11.1 Å². The van der Waals surface area contributed by atoms with E-state index < -0.39 is 25.4 Å². The predicted molar refractivity (Wildman–Crippen MR) is 55.6 cm³/mol. The quantitative estimate of drug-likeness (QED) is 0.597. The van der Waals surface area contributed by atoms with Crippen LogP contribution in [-0.2, 0) is 11.5 Å². The summed E-state index contributed by atoms with van der Waals surface area (Å²) in [5.41, 5.74) is 4.79. The topological polar surface area (TPSA) is 119 Å². The van der Waals surface area contributed by atoms with Gasteiger partial charge in [-0.15, -0.1) is 0 Å². The lowest BCUT2D eigenvalue weighted by Gasteiger charge is -2.03. The summed E-state index contributed by atoms with van der Waals surface area (Å²) in [6.07, 6.45) is 1.16. The lowest BCUT2D eigenvalue weighted by molar-refractivity contribution is 0.0500. The van der Waals surface area contributed by atoms with Crippen molar-refractivity contribution in [1.82, 2.24) is 19.5 Å². The summed E-state index contributed by atoms with van der Waals surface area (Å²) in [5.74, 6) is -0.115. The number of rotatable bonds is 4. The van der Waals surface area contributed by atoms with Crippen molar-refractivity contribution >= 4 is 17.1 Å². The maximum Gasteiger partial charge on any atom is 0.278 e. The van der Waals surface area contributed by atoms with Gasteiger partial charge in [0.1, 0.15) is 6.73 Å². The Morgan fingerprint density at radius 3 is 3.31 bits per heavy atom. The standard InChI is InChI=1S/C8H11N5O3/c9-8-11-6-5(7(15)12-8)13(3-10-6)4-16-2-1-14/h3,14H,1-2,4H2,(H3,9,11,12,15)/i1D2,2D2. The van der Waals surface area contributed by atoms with Gasteiger partial charge in [0.05, 0.1) is 24.9 Å². The molecular weight excluding hydrogens is 214 g/mol. The van der Waals surface area contributed by atoms with Gasteiger partial charge in [-0.2, -0.15) is 4.98 Å². The van der Waals surface area contributed by atoms with Crippen molar-refractivity contribution < 1.29 is 15.3 Å². The molecule has 0 bridgehead atoms. The van der Waals surface area contributed by atoms with E-state index in [1.807, 2.05) is 0 Å². The van der Waals surface area contributed by atoms with Crippen LogP contribution in [0.4, 0.5) is 5.95 Å². The van der Waals surface area contributed by atoms with Gasteiger partial charge in [-0.3, -0.25) is 9.78 Å². The first-order valence-electron chi connectivity index (χ1n) is 6.19. The fourth-order valence-corrected chi connectivity index (χ4v) is 1.24. The number of aromatic nitrogens is 4. The van der Waals surface area contributed by atoms with Crippen LogP contribution >= 0.6 is 0 Å². The third-order valence-electron chi connectivity index (χ3n) is 1.82. The Morgan fingerprint density at radius 2 is 2.56 bits per heavy atom. The van der Waals surface area contributed by atoms with Gasteiger partial charge >= 0.3 is 0 Å². The molecule has 0 radical (unpaired) electrons. The number of anilines is 1. The van der Waals surface area contributed by atoms with Crippen LogP contribution in [0.2, 0.25) is 0 Å². The number of nitrogens with zero attached hydrogens (tertiary/aromatic N) is 3. The normalized spacial score (nSPS) is 16.6. The zero-order valence-electron chi connectivity index (χ0n) is 12.0. The third-order valence-corrected chi connectivity index (χ3v) is 1.82. The number of hydrogen-bond donors (Lipinski definition) is 3. The lowest BCUT2D eigenvalue weighted by atomic mass is 10.5. The summed E-state index contributed by atoms with van der Waals surface area (Å²) in [5, 5.41) is 8.99. The van der Waals surface area contributed by atoms with E-state index in [4.69, 9.17) is 16.3 Å². The summed E-state index contributed by atoms with van der Waals surface area (Å²) in [6.45, 7) is -6.70. The molecule has 0 aliphatic carbocycles. The number of H-pyrrole nitrogens is 1. The van der Waals surface area contributed by atoms with Gasteiger partial charge in [-0.1, -0.05) is 0 Å². The number of aliphatic hydroxyl groups is 1. The van der Waals surface area contributed by atoms with Crippen molar-refractivity contribution in [3.63, 3.8) is 0 Å². The summed E-state index contributed by atoms with van der Waals surface area (Å²) >= 11 is 0. The van der Waals surface area contributed by atoms with E-state index in [2.05, 4.69) is 19.7 Å². The minimum Gasteiger partial charge on any atom is -0.394 e. The molecule has 0 amide bonds. The fourth-order valence-electron chi connectivity index (χ4n) is 1.24. The molecule has 0 atom stereocenters. The molecule has 8 heteroatoms. The Hall–Kier alpha value is -1.93. The summed E-state index contributed by atoms with van der Waals surface area (Å²) < 4.78 is 34.0. The minimum absolute atomic E-state index is 0.00602. The van der Waals surface area contributed by atoms with Crippen molar-refractivity contribution in [2.45, 2.75) is 6.73 Å². The first-order chi connectivity index (χ1) is 9.12. The fraction of sp³-hybridized carbons (Fsp3) is 0.375. The van der Waals surface area contributed by atoms with Crippen LogP contribution in [0, 0.1) is 0 Å². The smallest absolute Gasteiger partial charge is 0.278 e. The monoisotopic (exact) mass is 229 g/mol. The molecule has 0 unspecified atom stereocenters. The highest BCUT2D eigenvalue weighted by atomic mass is 16.5. The van der Waals surface area contributed by atoms with Crippen LogP contribution in [0.25, 0.3) is 11.2 Å². The second-order valence-electron chi connectivity index (χ2n) is 2.83. The molecule has 0 fully saturated rings. The number of ether oxygens (including phenoxy) is 1. The third kappa shape index (κ3) is 1.88. The van der Waals surface area contributed by atoms with Crippen molar-refractivity contribution in [2.24, 2.45) is 0 Å². The number of aromatic amines is 1. The van der Waals surface area contributed by atoms with Gasteiger partial charge in [0.25, 0.3) is 5.56 Å². The van der Waals surface area contributed by atoms with Gasteiger partial charge in [0, 0.05) is 0 Å². The highest BCUT2D eigenvalue weighted by Crippen LogP contribution is 2.05. The van der Waals surface area contributed by atoms with Gasteiger partial charge in [-0.25, -0.2) is 4.98 Å². The van der Waals surface area contributed by atoms with Crippen LogP contribution in [0.1, 0.15) is 5.48 Å². The first-order valence-corrected chi connectivity index (χ1v) is 4.19. The molecule has 16 heavy (non-hydrogen) atoms. The molecule has 2 aromatic heterocycles. The number of nitrogens with one attached hydrogen (secondary N) is 1. The van der Waals surface area contributed by atoms with Crippen LogP contribution in [0.3, 0.4) is 0 Å². The molecule has 2 aromatic rings. The van der Waals surface area contributed by atoms with E-state index in [1.54, 1.807) is 0 Å². The summed E-state index contributed by atoms with van der Waals surface area (Å²) in [6, 6.07) is 0. The van der Waals surface area contributed by atoms with E-state index in [-0.39, 0.29) is 17.1 Å². The van der Waals surface area contributed by atoms with E-state index in [0.717, 1.165) is 10.9 Å². The molecule has 2 rings (SSSR count). The summed E-state index contributed by atoms with van der Waals surface area (Å²) in [7, 11) is 0. The molecule has 8 nitrogen and oxygen atoms in total. The molecule has 0 saturated heterocycles. The van der Waals surface area contributed by atoms with Gasteiger partial charge in [-0.05, 0) is 0 Å². The molecule has 0 aliphatic heterocycles. The van der Waals surface area contributed by atoms with Gasteiger partial charge in [0.15, 0.2) is 11.2 Å². The molecule has 2 heterocycles. The molecule has 0 saturated carbocycles. The SMILES string of the molecule is [2H]C([2H])(O)C([2H])([2H])OCn1cnc2nc(N)[nH]c(=O)c21. The molecular formula is C8H11N5O3. The lowest BCUT2D eigenvalue weighted by Crippen LogP contribution is -2.15. The average Bonchev–Trinajstić information content (AvgIpc) is 2.68. The Bertz CT molecular complexity index is 691. The molecule has 86 valence electrons. The van der Waals surface area contributed by atoms with E-state index in [9.17, 15) is 4.79 Å². The number of nitrogen functional groups attached to an aromatic ring is 1. The number of hydrogen-bond acceptors (Lipinski definition) is 6. The van der Waals surface area contributed by atoms with E-state index in [0.29, 0.717) is 0 Å². The molecule has 0 spiro atoms. The van der Waals surface area contributed by atoms with Crippen molar-refractivity contribution in [1.29, 1.82) is 0 Å². The zero-order chi connectivity index (χ0) is 15.1. The Kier molecular flexibility index (Phi) is 1.77. The largest absolute Gasteiger partial charge is 0.394 e. The maximum absolute atomic E-state index is 11.7. The molecule has 0 aromatic carbocycles. The van der Waals surface area contributed by atoms with Gasteiger partial charge < -0.3 is 20.1 Å². The van der Waals surface area contributed by atoms with E-state index in [1.165, 1.54) is 0 Å². The van der Waals surface area contributed by atoms with Crippen LogP contribution < -0.4 is 11.3 Å². The van der Waals surface area contributed by atoms with Crippen LogP contribution in [0.5, 0.6) is 0 Å². The Balaban J connectivity index is 2.30. The number of fused-ring (bicyclic) bond motifs is 1. The highest BCUT2D eigenvalue weighted by molar-refractivity contribution is 5.70. The number of imidazole rings is 1. The predicted octanol–water partition coefficient (Wildman–Crippen LogP) is -1.33. The minimum atomic E-state index is -3.20.